The Morgan fingerprint density at radius 3 is 2.85 bits per heavy atom. The second-order valence-corrected chi connectivity index (χ2v) is 5.45. The lowest BCUT2D eigenvalue weighted by atomic mass is 10.1. The number of aromatic nitrogens is 2. The molecular weight excluding hydrogens is 188 g/mol. The van der Waals surface area contributed by atoms with Crippen LogP contribution >= 0.6 is 0 Å². The molecule has 1 atom stereocenters. The minimum Gasteiger partial charge on any atom is -0.257 e. The van der Waals surface area contributed by atoms with Gasteiger partial charge in [-0.25, -0.2) is 8.42 Å². The van der Waals surface area contributed by atoms with E-state index in [-0.39, 0.29) is 17.4 Å². The zero-order valence-corrected chi connectivity index (χ0v) is 8.08. The van der Waals surface area contributed by atoms with Gasteiger partial charge in [-0.3, -0.25) is 9.97 Å². The molecule has 0 aromatic carbocycles. The summed E-state index contributed by atoms with van der Waals surface area (Å²) in [4.78, 5) is 8.16. The molecule has 0 aliphatic carbocycles. The molecule has 1 aliphatic heterocycles. The molecule has 2 heterocycles. The summed E-state index contributed by atoms with van der Waals surface area (Å²) in [6.45, 7) is 1.87. The molecule has 1 aromatic heterocycles. The van der Waals surface area contributed by atoms with Gasteiger partial charge in [-0.1, -0.05) is 6.92 Å². The predicted octanol–water partition coefficient (Wildman–Crippen LogP) is 0.509. The van der Waals surface area contributed by atoms with Crippen LogP contribution in [0.4, 0.5) is 0 Å². The van der Waals surface area contributed by atoms with Gasteiger partial charge >= 0.3 is 0 Å². The van der Waals surface area contributed by atoms with Gasteiger partial charge in [0.05, 0.1) is 22.9 Å². The number of hydrogen-bond donors (Lipinski definition) is 0. The van der Waals surface area contributed by atoms with Gasteiger partial charge in [0, 0.05) is 18.3 Å². The Kier molecular flexibility index (Phi) is 1.83. The molecular formula is C8H10N2O2S. The largest absolute Gasteiger partial charge is 0.257 e. The molecule has 1 unspecified atom stereocenters. The van der Waals surface area contributed by atoms with E-state index in [2.05, 4.69) is 9.97 Å². The van der Waals surface area contributed by atoms with Gasteiger partial charge in [0.2, 0.25) is 0 Å². The molecule has 1 aromatic rings. The van der Waals surface area contributed by atoms with Crippen LogP contribution in [0.2, 0.25) is 0 Å². The highest BCUT2D eigenvalue weighted by Gasteiger charge is 2.28. The molecule has 0 spiro atoms. The molecule has 0 bridgehead atoms. The molecule has 1 aliphatic rings. The molecule has 0 amide bonds. The van der Waals surface area contributed by atoms with Gasteiger partial charge in [-0.2, -0.15) is 0 Å². The molecule has 4 nitrogen and oxygen atoms in total. The lowest BCUT2D eigenvalue weighted by molar-refractivity contribution is 0.580. The Labute approximate surface area is 77.0 Å². The zero-order chi connectivity index (χ0) is 9.47. The first-order chi connectivity index (χ1) is 6.08. The van der Waals surface area contributed by atoms with Gasteiger partial charge in [0.25, 0.3) is 0 Å². The van der Waals surface area contributed by atoms with E-state index in [4.69, 9.17) is 0 Å². The maximum absolute atomic E-state index is 11.4. The number of nitrogens with zero attached hydrogens (tertiary/aromatic N) is 2. The van der Waals surface area contributed by atoms with E-state index in [1.165, 1.54) is 6.20 Å². The van der Waals surface area contributed by atoms with Crippen LogP contribution in [-0.4, -0.2) is 24.1 Å². The highest BCUT2D eigenvalue weighted by Crippen LogP contribution is 2.25. The van der Waals surface area contributed by atoms with Crippen molar-refractivity contribution in [2.75, 3.05) is 5.75 Å². The van der Waals surface area contributed by atoms with Gasteiger partial charge in [0.1, 0.15) is 0 Å². The number of fused-ring (bicyclic) bond motifs is 1. The van der Waals surface area contributed by atoms with E-state index in [9.17, 15) is 8.42 Å². The monoisotopic (exact) mass is 198 g/mol. The highest BCUT2D eigenvalue weighted by atomic mass is 32.2. The average molecular weight is 198 g/mol. The van der Waals surface area contributed by atoms with Crippen molar-refractivity contribution in [2.45, 2.75) is 18.6 Å². The second-order valence-electron chi connectivity index (χ2n) is 3.34. The van der Waals surface area contributed by atoms with Crippen LogP contribution in [-0.2, 0) is 15.6 Å². The second kappa shape index (κ2) is 2.77. The van der Waals surface area contributed by atoms with Crippen LogP contribution in [0.1, 0.15) is 24.2 Å². The molecule has 0 saturated carbocycles. The molecule has 0 saturated heterocycles. The van der Waals surface area contributed by atoms with Crippen molar-refractivity contribution in [2.24, 2.45) is 0 Å². The van der Waals surface area contributed by atoms with Gasteiger partial charge in [0.15, 0.2) is 9.84 Å². The van der Waals surface area contributed by atoms with Crippen molar-refractivity contribution in [3.05, 3.63) is 23.8 Å². The Balaban J connectivity index is 2.55. The van der Waals surface area contributed by atoms with Crippen LogP contribution in [0.3, 0.4) is 0 Å². The van der Waals surface area contributed by atoms with Gasteiger partial charge < -0.3 is 0 Å². The number of hydrogen-bond acceptors (Lipinski definition) is 4. The minimum absolute atomic E-state index is 0.0255. The lowest BCUT2D eigenvalue weighted by Gasteiger charge is -2.19. The van der Waals surface area contributed by atoms with Crippen molar-refractivity contribution >= 4 is 9.84 Å². The molecule has 2 rings (SSSR count). The summed E-state index contributed by atoms with van der Waals surface area (Å²) in [6, 6.07) is 0. The Morgan fingerprint density at radius 1 is 1.38 bits per heavy atom. The first kappa shape index (κ1) is 8.62. The predicted molar refractivity (Wildman–Crippen MR) is 47.9 cm³/mol. The van der Waals surface area contributed by atoms with E-state index >= 15 is 0 Å². The van der Waals surface area contributed by atoms with Crippen molar-refractivity contribution in [3.63, 3.8) is 0 Å². The summed E-state index contributed by atoms with van der Waals surface area (Å²) in [6.07, 6.45) is 3.14. The van der Waals surface area contributed by atoms with Crippen molar-refractivity contribution in [1.29, 1.82) is 0 Å². The fraction of sp³-hybridized carbons (Fsp3) is 0.500. The Bertz CT molecular complexity index is 428. The van der Waals surface area contributed by atoms with E-state index in [1.807, 2.05) is 6.92 Å². The smallest absolute Gasteiger partial charge is 0.156 e. The third-order valence-corrected chi connectivity index (χ3v) is 3.85. The summed E-state index contributed by atoms with van der Waals surface area (Å²) < 4.78 is 22.7. The van der Waals surface area contributed by atoms with Crippen LogP contribution in [0.15, 0.2) is 12.4 Å². The maximum Gasteiger partial charge on any atom is 0.156 e. The molecule has 0 N–H and O–H groups in total. The maximum atomic E-state index is 11.4. The van der Waals surface area contributed by atoms with Gasteiger partial charge in [-0.05, 0) is 0 Å². The topological polar surface area (TPSA) is 59.9 Å². The van der Waals surface area contributed by atoms with E-state index < -0.39 is 9.84 Å². The van der Waals surface area contributed by atoms with Crippen molar-refractivity contribution in [3.8, 4) is 0 Å². The fourth-order valence-corrected chi connectivity index (χ4v) is 3.30. The summed E-state index contributed by atoms with van der Waals surface area (Å²) in [7, 11) is -2.95. The summed E-state index contributed by atoms with van der Waals surface area (Å²) in [5, 5.41) is 0. The minimum atomic E-state index is -2.95. The molecule has 0 radical (unpaired) electrons. The molecule has 13 heavy (non-hydrogen) atoms. The first-order valence-corrected chi connectivity index (χ1v) is 5.91. The first-order valence-electron chi connectivity index (χ1n) is 4.09. The van der Waals surface area contributed by atoms with Crippen LogP contribution < -0.4 is 0 Å². The van der Waals surface area contributed by atoms with E-state index in [0.717, 1.165) is 5.69 Å². The molecule has 70 valence electrons. The summed E-state index contributed by atoms with van der Waals surface area (Å²) in [5.74, 6) is 0.210. The lowest BCUT2D eigenvalue weighted by Crippen LogP contribution is -2.24. The van der Waals surface area contributed by atoms with Crippen LogP contribution in [0.5, 0.6) is 0 Å². The number of sulfone groups is 1. The molecule has 5 heteroatoms. The molecule has 0 fully saturated rings. The Hall–Kier alpha value is -0.970. The summed E-state index contributed by atoms with van der Waals surface area (Å²) in [5.41, 5.74) is 1.44. The number of rotatable bonds is 0. The van der Waals surface area contributed by atoms with Crippen molar-refractivity contribution in [1.82, 2.24) is 9.97 Å². The highest BCUT2D eigenvalue weighted by molar-refractivity contribution is 7.90. The quantitative estimate of drug-likeness (QED) is 0.609. The zero-order valence-electron chi connectivity index (χ0n) is 7.27. The van der Waals surface area contributed by atoms with Crippen molar-refractivity contribution < 1.29 is 8.42 Å². The fourth-order valence-electron chi connectivity index (χ4n) is 1.63. The standard InChI is InChI=1S/C8H10N2O2S/c1-6-4-13(11,12)5-7-8(6)10-3-2-9-7/h2-3,6H,4-5H2,1H3. The van der Waals surface area contributed by atoms with E-state index in [1.54, 1.807) is 6.20 Å². The van der Waals surface area contributed by atoms with E-state index in [0.29, 0.717) is 5.69 Å². The summed E-state index contributed by atoms with van der Waals surface area (Å²) >= 11 is 0. The normalized spacial score (nSPS) is 25.2. The van der Waals surface area contributed by atoms with Gasteiger partial charge in [-0.15, -0.1) is 0 Å². The third-order valence-electron chi connectivity index (χ3n) is 2.13. The Morgan fingerprint density at radius 2 is 2.08 bits per heavy atom. The van der Waals surface area contributed by atoms with Crippen LogP contribution in [0, 0.1) is 0 Å². The SMILES string of the molecule is CC1CS(=O)(=O)Cc2nccnc21. The third kappa shape index (κ3) is 1.56. The average Bonchev–Trinajstić information content (AvgIpc) is 2.02. The van der Waals surface area contributed by atoms with Crippen LogP contribution in [0.25, 0.3) is 0 Å².